The van der Waals surface area contributed by atoms with Gasteiger partial charge in [0.1, 0.15) is 0 Å². The summed E-state index contributed by atoms with van der Waals surface area (Å²) in [6, 6.07) is 0. The summed E-state index contributed by atoms with van der Waals surface area (Å²) in [5, 5.41) is 0. The second-order valence-electron chi connectivity index (χ2n) is 9.74. The summed E-state index contributed by atoms with van der Waals surface area (Å²) in [5.74, 6) is 3.60. The maximum Gasteiger partial charge on any atom is 0.308 e. The van der Waals surface area contributed by atoms with Gasteiger partial charge in [-0.15, -0.1) is 0 Å². The largest absolute Gasteiger partial charge is 0.465 e. The van der Waals surface area contributed by atoms with E-state index in [-0.39, 0.29) is 11.9 Å². The molecule has 0 amide bonds. The van der Waals surface area contributed by atoms with E-state index in [1.165, 1.54) is 77.0 Å². The molecular weight excluding hydrogens is 332 g/mol. The van der Waals surface area contributed by atoms with Gasteiger partial charge in [0.05, 0.1) is 12.5 Å². The highest BCUT2D eigenvalue weighted by Gasteiger charge is 2.33. The molecule has 0 unspecified atom stereocenters. The van der Waals surface area contributed by atoms with Gasteiger partial charge in [-0.3, -0.25) is 4.79 Å². The summed E-state index contributed by atoms with van der Waals surface area (Å²) in [4.78, 5) is 12.3. The van der Waals surface area contributed by atoms with Gasteiger partial charge in [-0.05, 0) is 62.2 Å². The Balaban J connectivity index is 1.58. The van der Waals surface area contributed by atoms with Gasteiger partial charge in [0.15, 0.2) is 0 Å². The van der Waals surface area contributed by atoms with E-state index in [1.807, 2.05) is 0 Å². The van der Waals surface area contributed by atoms with Crippen LogP contribution in [0, 0.1) is 29.6 Å². The quantitative estimate of drug-likeness (QED) is 0.274. The molecule has 2 heteroatoms. The standard InChI is InChI=1S/C25H46O2/c1-4-6-7-8-9-10-21-11-13-22(14-12-21)23-15-17-24(18-16-23)25(26)27-19-20(3)5-2/h20-24H,4-19H2,1-3H3/t20-,21?,22?,23?,24?/m1/s1. The normalized spacial score (nSPS) is 30.0. The third kappa shape index (κ3) is 8.16. The maximum absolute atomic E-state index is 12.3. The van der Waals surface area contributed by atoms with Crippen LogP contribution in [0.25, 0.3) is 0 Å². The summed E-state index contributed by atoms with van der Waals surface area (Å²) in [6.45, 7) is 7.22. The first-order valence-electron chi connectivity index (χ1n) is 12.3. The van der Waals surface area contributed by atoms with E-state index in [0.717, 1.165) is 37.0 Å². The van der Waals surface area contributed by atoms with Gasteiger partial charge in [0, 0.05) is 0 Å². The number of ether oxygens (including phenoxy) is 1. The topological polar surface area (TPSA) is 26.3 Å². The zero-order valence-electron chi connectivity index (χ0n) is 18.5. The van der Waals surface area contributed by atoms with Crippen LogP contribution in [0.3, 0.4) is 0 Å². The Hall–Kier alpha value is -0.530. The van der Waals surface area contributed by atoms with Crippen molar-refractivity contribution in [1.29, 1.82) is 0 Å². The van der Waals surface area contributed by atoms with Crippen molar-refractivity contribution in [3.8, 4) is 0 Å². The van der Waals surface area contributed by atoms with Crippen molar-refractivity contribution in [1.82, 2.24) is 0 Å². The summed E-state index contributed by atoms with van der Waals surface area (Å²) < 4.78 is 5.55. The molecular formula is C25H46O2. The van der Waals surface area contributed by atoms with Crippen molar-refractivity contribution < 1.29 is 9.53 Å². The van der Waals surface area contributed by atoms with Crippen molar-refractivity contribution in [3.05, 3.63) is 0 Å². The predicted molar refractivity (Wildman–Crippen MR) is 115 cm³/mol. The Morgan fingerprint density at radius 2 is 1.44 bits per heavy atom. The number of unbranched alkanes of at least 4 members (excludes halogenated alkanes) is 4. The molecule has 0 aliphatic heterocycles. The highest BCUT2D eigenvalue weighted by Crippen LogP contribution is 2.42. The molecule has 0 aromatic heterocycles. The molecule has 158 valence electrons. The molecule has 1 atom stereocenters. The average molecular weight is 379 g/mol. The van der Waals surface area contributed by atoms with Crippen LogP contribution in [0.1, 0.15) is 117 Å². The fraction of sp³-hybridized carbons (Fsp3) is 0.960. The van der Waals surface area contributed by atoms with Gasteiger partial charge in [0.25, 0.3) is 0 Å². The molecule has 2 rings (SSSR count). The lowest BCUT2D eigenvalue weighted by molar-refractivity contribution is -0.151. The lowest BCUT2D eigenvalue weighted by Gasteiger charge is -2.37. The number of esters is 1. The van der Waals surface area contributed by atoms with Crippen LogP contribution < -0.4 is 0 Å². The first-order valence-corrected chi connectivity index (χ1v) is 12.3. The van der Waals surface area contributed by atoms with E-state index in [1.54, 1.807) is 0 Å². The van der Waals surface area contributed by atoms with E-state index >= 15 is 0 Å². The molecule has 2 saturated carbocycles. The Kier molecular flexibility index (Phi) is 10.8. The third-order valence-corrected chi connectivity index (χ3v) is 7.59. The smallest absolute Gasteiger partial charge is 0.308 e. The van der Waals surface area contributed by atoms with Gasteiger partial charge in [-0.1, -0.05) is 78.6 Å². The lowest BCUT2D eigenvalue weighted by atomic mass is 9.68. The van der Waals surface area contributed by atoms with Gasteiger partial charge < -0.3 is 4.74 Å². The van der Waals surface area contributed by atoms with Crippen LogP contribution in [0.5, 0.6) is 0 Å². The second kappa shape index (κ2) is 12.8. The molecule has 27 heavy (non-hydrogen) atoms. The summed E-state index contributed by atoms with van der Waals surface area (Å²) in [5.41, 5.74) is 0. The molecule has 2 aliphatic carbocycles. The number of carbonyl (C=O) groups is 1. The minimum atomic E-state index is 0.0838. The number of hydrogen-bond acceptors (Lipinski definition) is 2. The van der Waals surface area contributed by atoms with Gasteiger partial charge >= 0.3 is 5.97 Å². The van der Waals surface area contributed by atoms with Crippen LogP contribution in [0.15, 0.2) is 0 Å². The molecule has 0 spiro atoms. The molecule has 0 aromatic carbocycles. The maximum atomic E-state index is 12.3. The van der Waals surface area contributed by atoms with Crippen LogP contribution in [0.4, 0.5) is 0 Å². The van der Waals surface area contributed by atoms with E-state index < -0.39 is 0 Å². The molecule has 0 aromatic rings. The van der Waals surface area contributed by atoms with Crippen molar-refractivity contribution in [2.75, 3.05) is 6.61 Å². The van der Waals surface area contributed by atoms with E-state index in [9.17, 15) is 4.79 Å². The zero-order valence-corrected chi connectivity index (χ0v) is 18.5. The number of carbonyl (C=O) groups excluding carboxylic acids is 1. The van der Waals surface area contributed by atoms with Crippen molar-refractivity contribution in [2.24, 2.45) is 29.6 Å². The van der Waals surface area contributed by atoms with Gasteiger partial charge in [-0.25, -0.2) is 0 Å². The van der Waals surface area contributed by atoms with Crippen molar-refractivity contribution in [2.45, 2.75) is 117 Å². The fourth-order valence-electron chi connectivity index (χ4n) is 5.27. The Morgan fingerprint density at radius 1 is 0.852 bits per heavy atom. The van der Waals surface area contributed by atoms with Crippen LogP contribution >= 0.6 is 0 Å². The van der Waals surface area contributed by atoms with E-state index in [2.05, 4.69) is 20.8 Å². The monoisotopic (exact) mass is 378 g/mol. The Labute approximate surface area is 169 Å². The predicted octanol–water partition coefficient (Wildman–Crippen LogP) is 7.55. The number of hydrogen-bond donors (Lipinski definition) is 0. The first-order chi connectivity index (χ1) is 13.1. The number of rotatable bonds is 11. The third-order valence-electron chi connectivity index (χ3n) is 7.59. The lowest BCUT2D eigenvalue weighted by Crippen LogP contribution is -2.29. The summed E-state index contributed by atoms with van der Waals surface area (Å²) in [7, 11) is 0. The van der Waals surface area contributed by atoms with E-state index in [4.69, 9.17) is 4.74 Å². The fourth-order valence-corrected chi connectivity index (χ4v) is 5.27. The highest BCUT2D eigenvalue weighted by atomic mass is 16.5. The average Bonchev–Trinajstić information content (AvgIpc) is 2.72. The van der Waals surface area contributed by atoms with Crippen LogP contribution in [-0.2, 0) is 9.53 Å². The van der Waals surface area contributed by atoms with Crippen LogP contribution in [0.2, 0.25) is 0 Å². The molecule has 0 bridgehead atoms. The minimum Gasteiger partial charge on any atom is -0.465 e. The van der Waals surface area contributed by atoms with Gasteiger partial charge in [-0.2, -0.15) is 0 Å². The first kappa shape index (κ1) is 22.8. The molecule has 2 fully saturated rings. The Morgan fingerprint density at radius 3 is 2.04 bits per heavy atom. The molecule has 0 saturated heterocycles. The van der Waals surface area contributed by atoms with Crippen molar-refractivity contribution >= 4 is 5.97 Å². The molecule has 0 radical (unpaired) electrons. The molecule has 2 nitrogen and oxygen atoms in total. The Bertz CT molecular complexity index is 389. The summed E-state index contributed by atoms with van der Waals surface area (Å²) in [6.07, 6.45) is 20.2. The van der Waals surface area contributed by atoms with Crippen molar-refractivity contribution in [3.63, 3.8) is 0 Å². The molecule has 0 heterocycles. The van der Waals surface area contributed by atoms with Crippen LogP contribution in [-0.4, -0.2) is 12.6 Å². The molecule has 0 N–H and O–H groups in total. The molecule has 2 aliphatic rings. The minimum absolute atomic E-state index is 0.0838. The van der Waals surface area contributed by atoms with Gasteiger partial charge in [0.2, 0.25) is 0 Å². The summed E-state index contributed by atoms with van der Waals surface area (Å²) >= 11 is 0. The second-order valence-corrected chi connectivity index (χ2v) is 9.74. The zero-order chi connectivity index (χ0) is 19.5. The van der Waals surface area contributed by atoms with E-state index in [0.29, 0.717) is 12.5 Å². The SMILES string of the molecule is CCCCCCCC1CCC(C2CCC(C(=O)OC[C@H](C)CC)CC2)CC1. The highest BCUT2D eigenvalue weighted by molar-refractivity contribution is 5.72.